The monoisotopic (exact) mass is 375 g/mol. The van der Waals surface area contributed by atoms with Crippen molar-refractivity contribution in [3.05, 3.63) is 0 Å². The Morgan fingerprint density at radius 1 is 0.870 bits per heavy atom. The van der Waals surface area contributed by atoms with E-state index in [0.717, 1.165) is 0 Å². The van der Waals surface area contributed by atoms with Gasteiger partial charge in [0.1, 0.15) is 16.5 Å². The third kappa shape index (κ3) is 5.53. The highest BCUT2D eigenvalue weighted by molar-refractivity contribution is 7.01. The minimum atomic E-state index is -1.61. The normalized spacial score (nSPS) is 16.3. The van der Waals surface area contributed by atoms with E-state index < -0.39 is 25.7 Å². The highest BCUT2D eigenvalue weighted by atomic mass is 28.5. The highest BCUT2D eigenvalue weighted by Gasteiger charge is 2.54. The van der Waals surface area contributed by atoms with Gasteiger partial charge in [0.2, 0.25) is 9.20 Å². The molecule has 0 aliphatic rings. The van der Waals surface area contributed by atoms with Crippen molar-refractivity contribution in [3.63, 3.8) is 0 Å². The molecule has 0 bridgehead atoms. The molecule has 140 valence electrons. The maximum atomic E-state index is 6.65. The van der Waals surface area contributed by atoms with Crippen LogP contribution in [-0.4, -0.2) is 35.7 Å². The average Bonchev–Trinajstić information content (AvgIpc) is 2.24. The second-order valence-corrected chi connectivity index (χ2v) is 24.4. The summed E-state index contributed by atoms with van der Waals surface area (Å²) < 4.78 is 9.74. The Hall–Kier alpha value is 0.571. The molecule has 23 heavy (non-hydrogen) atoms. The van der Waals surface area contributed by atoms with Gasteiger partial charge < -0.3 is 8.32 Å². The van der Waals surface area contributed by atoms with Crippen LogP contribution in [0.25, 0.3) is 0 Å². The van der Waals surface area contributed by atoms with Gasteiger partial charge in [-0.3, -0.25) is 0 Å². The van der Waals surface area contributed by atoms with Gasteiger partial charge in [0.25, 0.3) is 0 Å². The van der Waals surface area contributed by atoms with Crippen LogP contribution in [0, 0.1) is 0 Å². The molecule has 0 saturated carbocycles. The van der Waals surface area contributed by atoms with E-state index in [9.17, 15) is 0 Å². The largest absolute Gasteiger partial charge is 0.404 e. The molecule has 1 unspecified atom stereocenters. The molecular weight excluding hydrogens is 330 g/mol. The molecule has 0 spiro atoms. The van der Waals surface area contributed by atoms with Crippen molar-refractivity contribution in [3.8, 4) is 0 Å². The maximum Gasteiger partial charge on any atom is 0.242 e. The van der Waals surface area contributed by atoms with E-state index in [-0.39, 0.29) is 0 Å². The lowest BCUT2D eigenvalue weighted by molar-refractivity contribution is 0.227. The Labute approximate surface area is 151 Å². The zero-order valence-corrected chi connectivity index (χ0v) is 21.6. The van der Waals surface area contributed by atoms with Crippen LogP contribution in [0.5, 0.6) is 0 Å². The number of hydrogen-bond acceptors (Lipinski definition) is 2. The summed E-state index contributed by atoms with van der Waals surface area (Å²) in [4.78, 5) is 0. The molecule has 0 amide bonds. The van der Waals surface area contributed by atoms with E-state index in [1.807, 2.05) is 0 Å². The van der Waals surface area contributed by atoms with Crippen molar-refractivity contribution in [1.29, 1.82) is 0 Å². The Morgan fingerprint density at radius 3 is 1.43 bits per heavy atom. The first-order chi connectivity index (χ1) is 10.00. The minimum absolute atomic E-state index is 0.343. The van der Waals surface area contributed by atoms with Crippen LogP contribution >= 0.6 is 0 Å². The number of rotatable bonds is 7. The van der Waals surface area contributed by atoms with Gasteiger partial charge in [-0.15, -0.1) is 0 Å². The van der Waals surface area contributed by atoms with Gasteiger partial charge >= 0.3 is 0 Å². The molecular formula is C18H45NOSi3. The fourth-order valence-corrected chi connectivity index (χ4v) is 22.9. The third-order valence-corrected chi connectivity index (χ3v) is 27.3. The van der Waals surface area contributed by atoms with Crippen LogP contribution in [0.2, 0.25) is 42.3 Å². The van der Waals surface area contributed by atoms with Crippen molar-refractivity contribution >= 4 is 25.7 Å². The zero-order chi connectivity index (χ0) is 18.9. The predicted octanol–water partition coefficient (Wildman–Crippen LogP) is 6.35. The molecule has 0 aliphatic carbocycles. The molecule has 2 nitrogen and oxygen atoms in total. The summed E-state index contributed by atoms with van der Waals surface area (Å²) in [6.45, 7) is 31.8. The first-order valence-corrected chi connectivity index (χ1v) is 17.1. The smallest absolute Gasteiger partial charge is 0.242 e. The van der Waals surface area contributed by atoms with E-state index >= 15 is 0 Å². The van der Waals surface area contributed by atoms with Crippen LogP contribution in [0.15, 0.2) is 0 Å². The molecule has 5 heteroatoms. The molecule has 1 atom stereocenters. The summed E-state index contributed by atoms with van der Waals surface area (Å²) in [6, 6.07) is 1.28. The predicted molar refractivity (Wildman–Crippen MR) is 115 cm³/mol. The first-order valence-electron chi connectivity index (χ1n) is 9.45. The Bertz CT molecular complexity index is 341. The van der Waals surface area contributed by atoms with Crippen LogP contribution in [0.4, 0.5) is 0 Å². The molecule has 0 aliphatic heterocycles. The molecule has 0 aromatic carbocycles. The Morgan fingerprint density at radius 2 is 1.22 bits per heavy atom. The summed E-state index contributed by atoms with van der Waals surface area (Å²) in [5.74, 6) is 0. The fraction of sp³-hybridized carbons (Fsp3) is 1.00. The van der Waals surface area contributed by atoms with Crippen LogP contribution < -0.4 is 0 Å². The number of nitrogens with zero attached hydrogens (tertiary/aromatic N) is 1. The van der Waals surface area contributed by atoms with Crippen molar-refractivity contribution in [1.82, 2.24) is 3.90 Å². The number of hydrogen-bond donors (Lipinski definition) is 0. The van der Waals surface area contributed by atoms with E-state index in [0.29, 0.717) is 16.2 Å². The van der Waals surface area contributed by atoms with Gasteiger partial charge in [0, 0.05) is 6.10 Å². The second kappa shape index (κ2) is 7.85. The fourth-order valence-electron chi connectivity index (χ4n) is 2.96. The van der Waals surface area contributed by atoms with Gasteiger partial charge in [-0.1, -0.05) is 81.1 Å². The van der Waals surface area contributed by atoms with E-state index in [1.165, 1.54) is 12.5 Å². The average molecular weight is 376 g/mol. The van der Waals surface area contributed by atoms with Crippen molar-refractivity contribution in [2.45, 2.75) is 117 Å². The standard InChI is InChI=1S/C18H45NOSi3/c1-14-15-21(20-16(2)3)19(22(10,11)17(4,5)6)23(12,13)18(7,8)9/h16,21H,14-15H2,1-13H3. The zero-order valence-electron chi connectivity index (χ0n) is 18.4. The molecule has 0 aromatic heterocycles. The first kappa shape index (κ1) is 23.6. The molecule has 0 saturated heterocycles. The van der Waals surface area contributed by atoms with Gasteiger partial charge in [-0.2, -0.15) is 0 Å². The van der Waals surface area contributed by atoms with Crippen molar-refractivity contribution in [2.75, 3.05) is 0 Å². The van der Waals surface area contributed by atoms with Gasteiger partial charge in [0.05, 0.1) is 0 Å². The van der Waals surface area contributed by atoms with E-state index in [2.05, 4.69) is 92.4 Å². The van der Waals surface area contributed by atoms with Gasteiger partial charge in [-0.25, -0.2) is 0 Å². The van der Waals surface area contributed by atoms with Crippen molar-refractivity contribution in [2.24, 2.45) is 0 Å². The molecule has 0 N–H and O–H groups in total. The Kier molecular flexibility index (Phi) is 8.05. The molecule has 0 fully saturated rings. The van der Waals surface area contributed by atoms with Crippen LogP contribution in [0.1, 0.15) is 68.7 Å². The highest BCUT2D eigenvalue weighted by Crippen LogP contribution is 2.48. The lowest BCUT2D eigenvalue weighted by atomic mass is 10.2. The third-order valence-electron chi connectivity index (χ3n) is 6.13. The van der Waals surface area contributed by atoms with Gasteiger partial charge in [0.15, 0.2) is 0 Å². The second-order valence-electron chi connectivity index (χ2n) is 10.4. The molecule has 0 aromatic rings. The lowest BCUT2D eigenvalue weighted by Crippen LogP contribution is -2.73. The lowest BCUT2D eigenvalue weighted by Gasteiger charge is -2.59. The van der Waals surface area contributed by atoms with Crippen LogP contribution in [0.3, 0.4) is 0 Å². The van der Waals surface area contributed by atoms with Crippen LogP contribution in [-0.2, 0) is 4.43 Å². The van der Waals surface area contributed by atoms with Gasteiger partial charge in [-0.05, 0) is 30.0 Å². The quantitative estimate of drug-likeness (QED) is 0.480. The molecule has 0 rings (SSSR count). The summed E-state index contributed by atoms with van der Waals surface area (Å²) in [6.07, 6.45) is 1.58. The molecule has 0 heterocycles. The topological polar surface area (TPSA) is 12.5 Å². The van der Waals surface area contributed by atoms with E-state index in [1.54, 1.807) is 0 Å². The van der Waals surface area contributed by atoms with Crippen molar-refractivity contribution < 1.29 is 4.43 Å². The summed E-state index contributed by atoms with van der Waals surface area (Å²) in [5.41, 5.74) is 0. The maximum absolute atomic E-state index is 6.65. The Balaban J connectivity index is 6.18. The molecule has 0 radical (unpaired) electrons. The SMILES string of the molecule is CCC[SiH](OC(C)C)N([Si](C)(C)C(C)(C)C)[Si](C)(C)C(C)(C)C. The minimum Gasteiger partial charge on any atom is -0.404 e. The summed E-state index contributed by atoms with van der Waals surface area (Å²) in [5, 5.41) is 0.726. The summed E-state index contributed by atoms with van der Waals surface area (Å²) >= 11 is 0. The summed E-state index contributed by atoms with van der Waals surface area (Å²) in [7, 11) is -4.63. The van der Waals surface area contributed by atoms with E-state index in [4.69, 9.17) is 4.43 Å².